The van der Waals surface area contributed by atoms with E-state index in [1.165, 1.54) is 12.0 Å². The van der Waals surface area contributed by atoms with Crippen LogP contribution in [0.15, 0.2) is 0 Å². The van der Waals surface area contributed by atoms with Gasteiger partial charge >= 0.3 is 0 Å². The van der Waals surface area contributed by atoms with Gasteiger partial charge in [-0.1, -0.05) is 0 Å². The number of hydrogen-bond acceptors (Lipinski definition) is 5. The molecule has 0 aromatic heterocycles. The first-order valence-electron chi connectivity index (χ1n) is 4.88. The molecule has 2 atom stereocenters. The molecule has 1 rings (SSSR count). The second kappa shape index (κ2) is 5.04. The molecule has 1 aliphatic rings. The summed E-state index contributed by atoms with van der Waals surface area (Å²) in [7, 11) is 1.35. The molecule has 1 aliphatic heterocycles. The first-order chi connectivity index (χ1) is 7.51. The molecule has 0 radical (unpaired) electrons. The van der Waals surface area contributed by atoms with E-state index in [0.717, 1.165) is 0 Å². The number of nitrogens with one attached hydrogen (secondary N) is 1. The Bertz CT molecular complexity index is 314. The van der Waals surface area contributed by atoms with Crippen LogP contribution in [-0.2, 0) is 19.1 Å². The Balaban J connectivity index is 2.81. The Morgan fingerprint density at radius 1 is 1.69 bits per heavy atom. The van der Waals surface area contributed by atoms with Crippen molar-refractivity contribution in [3.8, 4) is 0 Å². The van der Waals surface area contributed by atoms with Gasteiger partial charge in [0.1, 0.15) is 18.7 Å². The zero-order valence-corrected chi connectivity index (χ0v) is 9.23. The number of imide groups is 1. The molecule has 2 unspecified atom stereocenters. The molecule has 16 heavy (non-hydrogen) atoms. The molecule has 0 aromatic rings. The third-order valence-corrected chi connectivity index (χ3v) is 2.48. The van der Waals surface area contributed by atoms with E-state index in [9.17, 15) is 14.4 Å². The van der Waals surface area contributed by atoms with Crippen molar-refractivity contribution in [2.24, 2.45) is 5.73 Å². The van der Waals surface area contributed by atoms with E-state index in [1.54, 1.807) is 6.92 Å². The van der Waals surface area contributed by atoms with Crippen molar-refractivity contribution in [3.05, 3.63) is 0 Å². The summed E-state index contributed by atoms with van der Waals surface area (Å²) in [6.45, 7) is 1.41. The SMILES string of the molecule is COC(CN)C(=O)N1CC(=O)NC(=O)C1C. The first-order valence-corrected chi connectivity index (χ1v) is 4.88. The van der Waals surface area contributed by atoms with Crippen LogP contribution in [0.1, 0.15) is 6.92 Å². The maximum Gasteiger partial charge on any atom is 0.254 e. The average molecular weight is 229 g/mol. The standard InChI is InChI=1S/C9H15N3O4/c1-5-8(14)11-7(13)4-12(5)9(15)6(3-10)16-2/h5-6H,3-4,10H2,1-2H3,(H,11,13,14). The van der Waals surface area contributed by atoms with E-state index < -0.39 is 29.9 Å². The molecule has 0 saturated carbocycles. The molecule has 7 nitrogen and oxygen atoms in total. The summed E-state index contributed by atoms with van der Waals surface area (Å²) in [5, 5.41) is 2.15. The number of rotatable bonds is 3. The quantitative estimate of drug-likeness (QED) is 0.536. The lowest BCUT2D eigenvalue weighted by Crippen LogP contribution is -2.61. The number of amides is 3. The molecule has 90 valence electrons. The summed E-state index contributed by atoms with van der Waals surface area (Å²) in [6.07, 6.45) is -0.818. The molecule has 7 heteroatoms. The predicted molar refractivity (Wildman–Crippen MR) is 54.2 cm³/mol. The van der Waals surface area contributed by atoms with Gasteiger partial charge in [-0.3, -0.25) is 19.7 Å². The molecule has 0 bridgehead atoms. The Kier molecular flexibility index (Phi) is 3.97. The lowest BCUT2D eigenvalue weighted by molar-refractivity contribution is -0.154. The van der Waals surface area contributed by atoms with Gasteiger partial charge in [0.2, 0.25) is 11.8 Å². The number of ether oxygens (including phenoxy) is 1. The molecule has 0 aromatic carbocycles. The van der Waals surface area contributed by atoms with Crippen molar-refractivity contribution >= 4 is 17.7 Å². The smallest absolute Gasteiger partial charge is 0.254 e. The Labute approximate surface area is 92.9 Å². The van der Waals surface area contributed by atoms with E-state index in [1.807, 2.05) is 0 Å². The predicted octanol–water partition coefficient (Wildman–Crippen LogP) is -2.17. The van der Waals surface area contributed by atoms with Gasteiger partial charge in [0, 0.05) is 13.7 Å². The average Bonchev–Trinajstić information content (AvgIpc) is 2.24. The highest BCUT2D eigenvalue weighted by Crippen LogP contribution is 2.08. The van der Waals surface area contributed by atoms with E-state index in [0.29, 0.717) is 0 Å². The number of methoxy groups -OCH3 is 1. The second-order valence-electron chi connectivity index (χ2n) is 3.51. The Hall–Kier alpha value is -1.47. The highest BCUT2D eigenvalue weighted by molar-refractivity contribution is 6.04. The van der Waals surface area contributed by atoms with Crippen molar-refractivity contribution < 1.29 is 19.1 Å². The summed E-state index contributed by atoms with van der Waals surface area (Å²) in [4.78, 5) is 35.5. The zero-order valence-electron chi connectivity index (χ0n) is 9.23. The van der Waals surface area contributed by atoms with Crippen molar-refractivity contribution in [2.45, 2.75) is 19.1 Å². The summed E-state index contributed by atoms with van der Waals surface area (Å²) in [5.74, 6) is -1.43. The van der Waals surface area contributed by atoms with E-state index in [-0.39, 0.29) is 13.1 Å². The lowest BCUT2D eigenvalue weighted by atomic mass is 10.1. The fourth-order valence-electron chi connectivity index (χ4n) is 1.47. The molecule has 3 N–H and O–H groups in total. The molecule has 0 spiro atoms. The van der Waals surface area contributed by atoms with Crippen LogP contribution in [0.25, 0.3) is 0 Å². The molecule has 1 heterocycles. The number of nitrogens with two attached hydrogens (primary N) is 1. The molecular formula is C9H15N3O4. The second-order valence-corrected chi connectivity index (χ2v) is 3.51. The van der Waals surface area contributed by atoms with Crippen LogP contribution in [0.3, 0.4) is 0 Å². The fraction of sp³-hybridized carbons (Fsp3) is 0.667. The van der Waals surface area contributed by atoms with Gasteiger partial charge in [0.05, 0.1) is 0 Å². The Morgan fingerprint density at radius 2 is 2.31 bits per heavy atom. The zero-order chi connectivity index (χ0) is 12.3. The summed E-state index contributed by atoms with van der Waals surface area (Å²) >= 11 is 0. The maximum absolute atomic E-state index is 11.9. The maximum atomic E-state index is 11.9. The lowest BCUT2D eigenvalue weighted by Gasteiger charge is -2.33. The number of carbonyl (C=O) groups is 3. The fourth-order valence-corrected chi connectivity index (χ4v) is 1.47. The van der Waals surface area contributed by atoms with Gasteiger partial charge in [-0.15, -0.1) is 0 Å². The van der Waals surface area contributed by atoms with Crippen molar-refractivity contribution in [3.63, 3.8) is 0 Å². The monoisotopic (exact) mass is 229 g/mol. The highest BCUT2D eigenvalue weighted by Gasteiger charge is 2.36. The minimum Gasteiger partial charge on any atom is -0.370 e. The van der Waals surface area contributed by atoms with Crippen LogP contribution in [-0.4, -0.2) is 55.0 Å². The number of piperazine rings is 1. The topological polar surface area (TPSA) is 102 Å². The van der Waals surface area contributed by atoms with E-state index in [2.05, 4.69) is 5.32 Å². The largest absolute Gasteiger partial charge is 0.370 e. The minimum atomic E-state index is -0.818. The summed E-state index contributed by atoms with van der Waals surface area (Å²) in [6, 6.07) is -0.686. The molecular weight excluding hydrogens is 214 g/mol. The van der Waals surface area contributed by atoms with Gasteiger partial charge in [-0.25, -0.2) is 0 Å². The molecule has 3 amide bonds. The van der Waals surface area contributed by atoms with Crippen molar-refractivity contribution in [1.29, 1.82) is 0 Å². The molecule has 0 aliphatic carbocycles. The van der Waals surface area contributed by atoms with Gasteiger partial charge < -0.3 is 15.4 Å². The van der Waals surface area contributed by atoms with Crippen molar-refractivity contribution in [1.82, 2.24) is 10.2 Å². The van der Waals surface area contributed by atoms with Crippen LogP contribution in [0, 0.1) is 0 Å². The van der Waals surface area contributed by atoms with Gasteiger partial charge in [-0.05, 0) is 6.92 Å². The number of nitrogens with zero attached hydrogens (tertiary/aromatic N) is 1. The molecule has 1 fully saturated rings. The van der Waals surface area contributed by atoms with Gasteiger partial charge in [-0.2, -0.15) is 0 Å². The van der Waals surface area contributed by atoms with E-state index >= 15 is 0 Å². The van der Waals surface area contributed by atoms with Gasteiger partial charge in [0.15, 0.2) is 0 Å². The number of hydrogen-bond donors (Lipinski definition) is 2. The normalized spacial score (nSPS) is 22.9. The molecule has 1 saturated heterocycles. The third kappa shape index (κ3) is 2.37. The minimum absolute atomic E-state index is 0.00830. The van der Waals surface area contributed by atoms with Crippen molar-refractivity contribution in [2.75, 3.05) is 20.2 Å². The Morgan fingerprint density at radius 3 is 2.81 bits per heavy atom. The highest BCUT2D eigenvalue weighted by atomic mass is 16.5. The van der Waals surface area contributed by atoms with E-state index in [4.69, 9.17) is 10.5 Å². The van der Waals surface area contributed by atoms with Gasteiger partial charge in [0.25, 0.3) is 5.91 Å². The van der Waals surface area contributed by atoms with Crippen LogP contribution in [0.4, 0.5) is 0 Å². The van der Waals surface area contributed by atoms with Crippen LogP contribution >= 0.6 is 0 Å². The third-order valence-electron chi connectivity index (χ3n) is 2.48. The first kappa shape index (κ1) is 12.6. The van der Waals surface area contributed by atoms with Crippen LogP contribution < -0.4 is 11.1 Å². The van der Waals surface area contributed by atoms with Crippen LogP contribution in [0.2, 0.25) is 0 Å². The van der Waals surface area contributed by atoms with Crippen LogP contribution in [0.5, 0.6) is 0 Å². The number of carbonyl (C=O) groups excluding carboxylic acids is 3. The summed E-state index contributed by atoms with van der Waals surface area (Å²) in [5.41, 5.74) is 5.35. The summed E-state index contributed by atoms with van der Waals surface area (Å²) < 4.78 is 4.87.